The van der Waals surface area contributed by atoms with E-state index in [1.165, 1.54) is 6.07 Å². The predicted molar refractivity (Wildman–Crippen MR) is 93.0 cm³/mol. The van der Waals surface area contributed by atoms with Gasteiger partial charge in [0, 0.05) is 24.5 Å². The van der Waals surface area contributed by atoms with Gasteiger partial charge in [-0.05, 0) is 42.7 Å². The molecule has 0 aliphatic carbocycles. The first-order chi connectivity index (χ1) is 11.6. The molecule has 1 heterocycles. The molecule has 0 fully saturated rings. The van der Waals surface area contributed by atoms with Gasteiger partial charge in [0.15, 0.2) is 0 Å². The Bertz CT molecular complexity index is 739. The molecular weight excluding hydrogens is 331 g/mol. The average Bonchev–Trinajstić information content (AvgIpc) is 3.01. The predicted octanol–water partition coefficient (Wildman–Crippen LogP) is 3.23. The minimum atomic E-state index is -0.544. The molecule has 0 saturated heterocycles. The molecule has 2 aromatic carbocycles. The van der Waals surface area contributed by atoms with Crippen molar-refractivity contribution in [2.45, 2.75) is 18.9 Å². The van der Waals surface area contributed by atoms with E-state index in [-0.39, 0.29) is 24.0 Å². The van der Waals surface area contributed by atoms with Crippen LogP contribution in [-0.2, 0) is 11.2 Å². The SMILES string of the molecule is O=C(Nc1ccccc1)C(CCO)N1CCc2c1ccc(F)c2Cl. The topological polar surface area (TPSA) is 52.6 Å². The number of carbonyl (C=O) groups is 1. The van der Waals surface area contributed by atoms with Gasteiger partial charge >= 0.3 is 0 Å². The first-order valence-electron chi connectivity index (χ1n) is 7.82. The fraction of sp³-hybridized carbons (Fsp3) is 0.278. The van der Waals surface area contributed by atoms with Gasteiger partial charge in [-0.3, -0.25) is 4.79 Å². The number of nitrogens with zero attached hydrogens (tertiary/aromatic N) is 1. The summed E-state index contributed by atoms with van der Waals surface area (Å²) in [6.07, 6.45) is 0.861. The van der Waals surface area contributed by atoms with Crippen molar-refractivity contribution in [2.24, 2.45) is 0 Å². The van der Waals surface area contributed by atoms with Gasteiger partial charge in [0.05, 0.1) is 5.02 Å². The number of nitrogens with one attached hydrogen (secondary N) is 1. The monoisotopic (exact) mass is 348 g/mol. The van der Waals surface area contributed by atoms with Crippen molar-refractivity contribution < 1.29 is 14.3 Å². The standard InChI is InChI=1S/C18H18ClFN2O2/c19-17-13-8-10-22(15(13)7-6-14(17)20)16(9-11-23)18(24)21-12-4-2-1-3-5-12/h1-7,16,23H,8-11H2,(H,21,24). The minimum absolute atomic E-state index is 0.112. The Morgan fingerprint density at radius 1 is 1.29 bits per heavy atom. The number of amides is 1. The van der Waals surface area contributed by atoms with Gasteiger partial charge in [-0.2, -0.15) is 0 Å². The molecule has 1 unspecified atom stereocenters. The fourth-order valence-corrected chi connectivity index (χ4v) is 3.32. The molecule has 0 radical (unpaired) electrons. The molecule has 0 bridgehead atoms. The largest absolute Gasteiger partial charge is 0.396 e. The van der Waals surface area contributed by atoms with Crippen LogP contribution in [0.4, 0.5) is 15.8 Å². The third-order valence-corrected chi connectivity index (χ3v) is 4.61. The van der Waals surface area contributed by atoms with E-state index in [2.05, 4.69) is 5.32 Å². The van der Waals surface area contributed by atoms with Gasteiger partial charge in [-0.1, -0.05) is 29.8 Å². The third kappa shape index (κ3) is 3.23. The smallest absolute Gasteiger partial charge is 0.247 e. The quantitative estimate of drug-likeness (QED) is 0.872. The molecule has 24 heavy (non-hydrogen) atoms. The van der Waals surface area contributed by atoms with Crippen LogP contribution in [0.15, 0.2) is 42.5 Å². The third-order valence-electron chi connectivity index (χ3n) is 4.21. The van der Waals surface area contributed by atoms with E-state index in [0.29, 0.717) is 24.2 Å². The average molecular weight is 349 g/mol. The second-order valence-electron chi connectivity index (χ2n) is 5.69. The van der Waals surface area contributed by atoms with Crippen LogP contribution in [0.3, 0.4) is 0 Å². The molecule has 3 rings (SSSR count). The lowest BCUT2D eigenvalue weighted by Gasteiger charge is -2.29. The Morgan fingerprint density at radius 2 is 2.04 bits per heavy atom. The summed E-state index contributed by atoms with van der Waals surface area (Å²) in [5.74, 6) is -0.659. The zero-order valence-corrected chi connectivity index (χ0v) is 13.8. The Kier molecular flexibility index (Phi) is 5.02. The summed E-state index contributed by atoms with van der Waals surface area (Å²) in [5.41, 5.74) is 2.16. The maximum absolute atomic E-state index is 13.6. The molecule has 126 valence electrons. The number of aliphatic hydroxyl groups excluding tert-OH is 1. The number of para-hydroxylation sites is 1. The number of hydrogen-bond acceptors (Lipinski definition) is 3. The van der Waals surface area contributed by atoms with Crippen molar-refractivity contribution in [2.75, 3.05) is 23.4 Å². The summed E-state index contributed by atoms with van der Waals surface area (Å²) in [6, 6.07) is 11.6. The number of anilines is 2. The Labute approximate surface area is 144 Å². The Balaban J connectivity index is 1.85. The van der Waals surface area contributed by atoms with E-state index >= 15 is 0 Å². The highest BCUT2D eigenvalue weighted by atomic mass is 35.5. The van der Waals surface area contributed by atoms with Gasteiger partial charge in [-0.25, -0.2) is 4.39 Å². The number of aliphatic hydroxyl groups is 1. The van der Waals surface area contributed by atoms with Crippen LogP contribution < -0.4 is 10.2 Å². The first kappa shape index (κ1) is 16.7. The molecule has 1 aliphatic heterocycles. The number of halogens is 2. The Morgan fingerprint density at radius 3 is 2.75 bits per heavy atom. The maximum Gasteiger partial charge on any atom is 0.247 e. The van der Waals surface area contributed by atoms with E-state index in [1.807, 2.05) is 23.1 Å². The van der Waals surface area contributed by atoms with Crippen molar-refractivity contribution in [3.05, 3.63) is 58.9 Å². The van der Waals surface area contributed by atoms with Crippen molar-refractivity contribution in [1.29, 1.82) is 0 Å². The molecule has 0 aromatic heterocycles. The highest BCUT2D eigenvalue weighted by Gasteiger charge is 2.32. The number of fused-ring (bicyclic) bond motifs is 1. The summed E-state index contributed by atoms with van der Waals surface area (Å²) < 4.78 is 13.6. The zero-order chi connectivity index (χ0) is 17.1. The summed E-state index contributed by atoms with van der Waals surface area (Å²) in [5, 5.41) is 12.3. The maximum atomic E-state index is 13.6. The van der Waals surface area contributed by atoms with E-state index in [1.54, 1.807) is 18.2 Å². The molecule has 1 atom stereocenters. The second-order valence-corrected chi connectivity index (χ2v) is 6.06. The number of hydrogen-bond donors (Lipinski definition) is 2. The molecule has 6 heteroatoms. The van der Waals surface area contributed by atoms with Crippen molar-refractivity contribution in [3.8, 4) is 0 Å². The van der Waals surface area contributed by atoms with Crippen LogP contribution in [0.5, 0.6) is 0 Å². The summed E-state index contributed by atoms with van der Waals surface area (Å²) in [7, 11) is 0. The van der Waals surface area contributed by atoms with Gasteiger partial charge < -0.3 is 15.3 Å². The lowest BCUT2D eigenvalue weighted by molar-refractivity contribution is -0.117. The molecule has 4 nitrogen and oxygen atoms in total. The molecule has 2 aromatic rings. The zero-order valence-electron chi connectivity index (χ0n) is 13.0. The number of carbonyl (C=O) groups excluding carboxylic acids is 1. The van der Waals surface area contributed by atoms with Crippen LogP contribution in [0.2, 0.25) is 5.02 Å². The summed E-state index contributed by atoms with van der Waals surface area (Å²) in [4.78, 5) is 14.6. The highest BCUT2D eigenvalue weighted by Crippen LogP contribution is 2.36. The lowest BCUT2D eigenvalue weighted by atomic mass is 10.1. The van der Waals surface area contributed by atoms with Crippen LogP contribution in [0.1, 0.15) is 12.0 Å². The van der Waals surface area contributed by atoms with E-state index in [4.69, 9.17) is 11.6 Å². The van der Waals surface area contributed by atoms with Gasteiger partial charge in [-0.15, -0.1) is 0 Å². The normalized spacial score (nSPS) is 14.4. The lowest BCUT2D eigenvalue weighted by Crippen LogP contribution is -2.44. The van der Waals surface area contributed by atoms with Gasteiger partial charge in [0.2, 0.25) is 5.91 Å². The van der Waals surface area contributed by atoms with Crippen LogP contribution in [-0.4, -0.2) is 30.2 Å². The van der Waals surface area contributed by atoms with Crippen LogP contribution in [0.25, 0.3) is 0 Å². The summed E-state index contributed by atoms with van der Waals surface area (Å²) in [6.45, 7) is 0.443. The molecule has 0 spiro atoms. The van der Waals surface area contributed by atoms with Crippen LogP contribution >= 0.6 is 11.6 Å². The molecule has 2 N–H and O–H groups in total. The molecule has 0 saturated carbocycles. The van der Waals surface area contributed by atoms with Gasteiger partial charge in [0.25, 0.3) is 0 Å². The Hall–Kier alpha value is -2.11. The first-order valence-corrected chi connectivity index (χ1v) is 8.20. The van der Waals surface area contributed by atoms with Gasteiger partial charge in [0.1, 0.15) is 11.9 Å². The van der Waals surface area contributed by atoms with Crippen LogP contribution in [0, 0.1) is 5.82 Å². The van der Waals surface area contributed by atoms with Crippen molar-refractivity contribution in [1.82, 2.24) is 0 Å². The van der Waals surface area contributed by atoms with E-state index < -0.39 is 11.9 Å². The number of rotatable bonds is 5. The minimum Gasteiger partial charge on any atom is -0.396 e. The van der Waals surface area contributed by atoms with Crippen molar-refractivity contribution in [3.63, 3.8) is 0 Å². The van der Waals surface area contributed by atoms with Crippen molar-refractivity contribution >= 4 is 28.9 Å². The molecule has 1 aliphatic rings. The second kappa shape index (κ2) is 7.20. The number of benzene rings is 2. The molecular formula is C18H18ClFN2O2. The molecule has 1 amide bonds. The summed E-state index contributed by atoms with van der Waals surface area (Å²) >= 11 is 6.04. The van der Waals surface area contributed by atoms with E-state index in [9.17, 15) is 14.3 Å². The fourth-order valence-electron chi connectivity index (χ4n) is 3.06. The highest BCUT2D eigenvalue weighted by molar-refractivity contribution is 6.32. The van der Waals surface area contributed by atoms with E-state index in [0.717, 1.165) is 5.69 Å².